The summed E-state index contributed by atoms with van der Waals surface area (Å²) in [6.45, 7) is 3.92. The number of aryl methyl sites for hydroxylation is 1. The lowest BCUT2D eigenvalue weighted by Crippen LogP contribution is -2.16. The molecule has 1 aromatic carbocycles. The molecule has 110 valence electrons. The zero-order chi connectivity index (χ0) is 15.2. The molecule has 2 N–H and O–H groups in total. The third kappa shape index (κ3) is 1.96. The van der Waals surface area contributed by atoms with Crippen molar-refractivity contribution in [1.82, 2.24) is 9.78 Å². The predicted molar refractivity (Wildman–Crippen MR) is 81.0 cm³/mol. The van der Waals surface area contributed by atoms with Crippen LogP contribution >= 0.6 is 0 Å². The first-order valence-electron chi connectivity index (χ1n) is 6.80. The molecular weight excluding hydrogens is 288 g/mol. The van der Waals surface area contributed by atoms with E-state index >= 15 is 0 Å². The normalized spacial score (nSPS) is 15.8. The van der Waals surface area contributed by atoms with Crippen LogP contribution in [0.3, 0.4) is 0 Å². The highest BCUT2D eigenvalue weighted by Crippen LogP contribution is 2.29. The van der Waals surface area contributed by atoms with Crippen molar-refractivity contribution in [3.63, 3.8) is 0 Å². The molecule has 0 fully saturated rings. The van der Waals surface area contributed by atoms with Gasteiger partial charge in [0.25, 0.3) is 10.0 Å². The Morgan fingerprint density at radius 1 is 1.19 bits per heavy atom. The first-order valence-corrected chi connectivity index (χ1v) is 8.24. The molecule has 2 heterocycles. The van der Waals surface area contributed by atoms with Crippen LogP contribution in [0.15, 0.2) is 33.6 Å². The summed E-state index contributed by atoms with van der Waals surface area (Å²) in [6.07, 6.45) is 1.34. The van der Waals surface area contributed by atoms with Gasteiger partial charge in [-0.1, -0.05) is 26.0 Å². The quantitative estimate of drug-likeness (QED) is 0.912. The van der Waals surface area contributed by atoms with Gasteiger partial charge in [-0.2, -0.15) is 13.5 Å². The zero-order valence-corrected chi connectivity index (χ0v) is 12.7. The summed E-state index contributed by atoms with van der Waals surface area (Å²) >= 11 is 0. The van der Waals surface area contributed by atoms with Crippen LogP contribution in [0.5, 0.6) is 0 Å². The average molecular weight is 304 g/mol. The number of fused-ring (bicyclic) bond motifs is 1. The van der Waals surface area contributed by atoms with E-state index < -0.39 is 10.0 Å². The fourth-order valence-corrected chi connectivity index (χ4v) is 3.72. The van der Waals surface area contributed by atoms with Gasteiger partial charge in [-0.3, -0.25) is 0 Å². The van der Waals surface area contributed by atoms with Crippen molar-refractivity contribution >= 4 is 21.5 Å². The highest BCUT2D eigenvalue weighted by Gasteiger charge is 2.31. The number of hydrogen-bond acceptors (Lipinski definition) is 4. The molecule has 0 spiro atoms. The summed E-state index contributed by atoms with van der Waals surface area (Å²) < 4.78 is 29.7. The van der Waals surface area contributed by atoms with E-state index in [-0.39, 0.29) is 4.90 Å². The van der Waals surface area contributed by atoms with Crippen molar-refractivity contribution in [3.8, 4) is 0 Å². The third-order valence-corrected chi connectivity index (χ3v) is 4.91. The molecule has 3 rings (SSSR count). The van der Waals surface area contributed by atoms with Crippen LogP contribution in [0.4, 0.5) is 5.69 Å². The number of aromatic nitrogens is 2. The number of benzene rings is 1. The standard InChI is InChI=1S/C14H16N4O2S/c1-3-10-13(15)11(4-2)18(16-10)14-9-7-5-6-8-12(9)21(19,20)17-14/h5-8H,3-4,15H2,1-2H3. The Balaban J connectivity index is 2.28. The molecule has 0 saturated carbocycles. The van der Waals surface area contributed by atoms with Crippen LogP contribution in [-0.2, 0) is 22.9 Å². The number of rotatable bonds is 2. The first-order chi connectivity index (χ1) is 9.99. The van der Waals surface area contributed by atoms with Crippen molar-refractivity contribution in [2.75, 3.05) is 5.73 Å². The van der Waals surface area contributed by atoms with Gasteiger partial charge in [0, 0.05) is 5.56 Å². The SMILES string of the molecule is CCc1nn(C2=NS(=O)(=O)c3ccccc32)c(CC)c1N. The Morgan fingerprint density at radius 2 is 1.90 bits per heavy atom. The van der Waals surface area contributed by atoms with Crippen molar-refractivity contribution < 1.29 is 8.42 Å². The molecule has 6 nitrogen and oxygen atoms in total. The fraction of sp³-hybridized carbons (Fsp3) is 0.286. The van der Waals surface area contributed by atoms with Crippen molar-refractivity contribution in [3.05, 3.63) is 41.2 Å². The van der Waals surface area contributed by atoms with Crippen LogP contribution in [0.25, 0.3) is 0 Å². The highest BCUT2D eigenvalue weighted by atomic mass is 32.2. The van der Waals surface area contributed by atoms with Crippen molar-refractivity contribution in [1.29, 1.82) is 0 Å². The molecule has 0 atom stereocenters. The van der Waals surface area contributed by atoms with E-state index in [1.165, 1.54) is 0 Å². The lowest BCUT2D eigenvalue weighted by Gasteiger charge is -2.06. The Labute approximate surface area is 123 Å². The minimum Gasteiger partial charge on any atom is -0.396 e. The molecule has 1 aliphatic heterocycles. The molecule has 0 bridgehead atoms. The molecular formula is C14H16N4O2S. The summed E-state index contributed by atoms with van der Waals surface area (Å²) in [7, 11) is -3.65. The van der Waals surface area contributed by atoms with Crippen LogP contribution in [0.2, 0.25) is 0 Å². The molecule has 0 radical (unpaired) electrons. The first kappa shape index (κ1) is 13.8. The second kappa shape index (κ2) is 4.70. The number of nitrogen functional groups attached to an aromatic ring is 1. The summed E-state index contributed by atoms with van der Waals surface area (Å²) in [4.78, 5) is 0.217. The van der Waals surface area contributed by atoms with E-state index in [4.69, 9.17) is 5.73 Å². The summed E-state index contributed by atoms with van der Waals surface area (Å²) in [5.74, 6) is 0.328. The van der Waals surface area contributed by atoms with Crippen LogP contribution in [0.1, 0.15) is 30.8 Å². The van der Waals surface area contributed by atoms with E-state index in [0.717, 1.165) is 11.4 Å². The minimum atomic E-state index is -3.65. The number of sulfonamides is 1. The molecule has 0 amide bonds. The topological polar surface area (TPSA) is 90.3 Å². The molecule has 0 aliphatic carbocycles. The number of anilines is 1. The van der Waals surface area contributed by atoms with E-state index in [9.17, 15) is 8.42 Å². The molecule has 2 aromatic rings. The molecule has 1 aromatic heterocycles. The Hall–Kier alpha value is -2.15. The Bertz CT molecular complexity index is 850. The molecule has 1 aliphatic rings. The van der Waals surface area contributed by atoms with Gasteiger partial charge in [-0.25, -0.2) is 4.68 Å². The van der Waals surface area contributed by atoms with Gasteiger partial charge < -0.3 is 5.73 Å². The van der Waals surface area contributed by atoms with E-state index in [2.05, 4.69) is 9.50 Å². The number of nitrogens with two attached hydrogens (primary N) is 1. The van der Waals surface area contributed by atoms with Gasteiger partial charge in [-0.05, 0) is 25.0 Å². The average Bonchev–Trinajstić information content (AvgIpc) is 2.94. The van der Waals surface area contributed by atoms with Crippen LogP contribution < -0.4 is 5.73 Å². The maximum Gasteiger partial charge on any atom is 0.285 e. The molecule has 0 unspecified atom stereocenters. The monoisotopic (exact) mass is 304 g/mol. The lowest BCUT2D eigenvalue weighted by atomic mass is 10.2. The lowest BCUT2D eigenvalue weighted by molar-refractivity contribution is 0.599. The fourth-order valence-electron chi connectivity index (χ4n) is 2.53. The highest BCUT2D eigenvalue weighted by molar-refractivity contribution is 7.90. The van der Waals surface area contributed by atoms with Gasteiger partial charge >= 0.3 is 0 Å². The van der Waals surface area contributed by atoms with E-state index in [1.807, 2.05) is 13.8 Å². The maximum absolute atomic E-state index is 12.1. The molecule has 21 heavy (non-hydrogen) atoms. The molecule has 0 saturated heterocycles. The largest absolute Gasteiger partial charge is 0.396 e. The second-order valence-electron chi connectivity index (χ2n) is 4.81. The van der Waals surface area contributed by atoms with E-state index in [1.54, 1.807) is 28.9 Å². The maximum atomic E-state index is 12.1. The Kier molecular flexibility index (Phi) is 3.09. The Morgan fingerprint density at radius 3 is 2.57 bits per heavy atom. The summed E-state index contributed by atoms with van der Waals surface area (Å²) in [5, 5.41) is 4.44. The van der Waals surface area contributed by atoms with Crippen LogP contribution in [-0.4, -0.2) is 24.0 Å². The van der Waals surface area contributed by atoms with Gasteiger partial charge in [0.1, 0.15) is 4.90 Å². The van der Waals surface area contributed by atoms with Gasteiger partial charge in [0.2, 0.25) is 0 Å². The second-order valence-corrected chi connectivity index (χ2v) is 6.38. The number of hydrogen-bond donors (Lipinski definition) is 1. The van der Waals surface area contributed by atoms with Crippen molar-refractivity contribution in [2.24, 2.45) is 4.40 Å². The smallest absolute Gasteiger partial charge is 0.285 e. The predicted octanol–water partition coefficient (Wildman–Crippen LogP) is 1.59. The van der Waals surface area contributed by atoms with Crippen LogP contribution in [0, 0.1) is 0 Å². The number of nitrogens with zero attached hydrogens (tertiary/aromatic N) is 3. The third-order valence-electron chi connectivity index (χ3n) is 3.58. The molecule has 7 heteroatoms. The summed E-state index contributed by atoms with van der Waals surface area (Å²) in [5.41, 5.74) is 8.82. The van der Waals surface area contributed by atoms with Gasteiger partial charge in [0.15, 0.2) is 5.84 Å². The zero-order valence-electron chi connectivity index (χ0n) is 11.9. The van der Waals surface area contributed by atoms with Gasteiger partial charge in [0.05, 0.1) is 17.1 Å². The van der Waals surface area contributed by atoms with Gasteiger partial charge in [-0.15, -0.1) is 4.40 Å². The summed E-state index contributed by atoms with van der Waals surface area (Å²) in [6, 6.07) is 6.76. The minimum absolute atomic E-state index is 0.217. The van der Waals surface area contributed by atoms with E-state index in [0.29, 0.717) is 29.9 Å². The van der Waals surface area contributed by atoms with Crippen molar-refractivity contribution in [2.45, 2.75) is 31.6 Å².